The van der Waals surface area contributed by atoms with Gasteiger partial charge in [0.2, 0.25) is 5.95 Å². The van der Waals surface area contributed by atoms with Gasteiger partial charge in [0.05, 0.1) is 11.6 Å². The van der Waals surface area contributed by atoms with Crippen molar-refractivity contribution in [1.82, 2.24) is 14.6 Å². The summed E-state index contributed by atoms with van der Waals surface area (Å²) in [6, 6.07) is 3.88. The molecule has 2 aromatic heterocycles. The number of nitrogens with one attached hydrogen (secondary N) is 1. The Morgan fingerprint density at radius 2 is 2.39 bits per heavy atom. The van der Waals surface area contributed by atoms with Gasteiger partial charge in [0.15, 0.2) is 5.65 Å². The maximum atomic E-state index is 5.60. The van der Waals surface area contributed by atoms with Gasteiger partial charge in [0.25, 0.3) is 0 Å². The molecule has 1 aliphatic heterocycles. The Morgan fingerprint density at radius 1 is 1.56 bits per heavy atom. The van der Waals surface area contributed by atoms with Crippen LogP contribution in [0, 0.1) is 0 Å². The predicted octanol–water partition coefficient (Wildman–Crippen LogP) is 2.47. The van der Waals surface area contributed by atoms with E-state index in [1.807, 2.05) is 18.3 Å². The number of rotatable bonds is 2. The van der Waals surface area contributed by atoms with Crippen molar-refractivity contribution in [3.63, 3.8) is 0 Å². The molecule has 0 amide bonds. The highest BCUT2D eigenvalue weighted by Crippen LogP contribution is 2.28. The van der Waals surface area contributed by atoms with Crippen molar-refractivity contribution in [3.05, 3.63) is 22.8 Å². The Kier molecular flexibility index (Phi) is 2.79. The number of pyridine rings is 1. The van der Waals surface area contributed by atoms with E-state index in [9.17, 15) is 0 Å². The van der Waals surface area contributed by atoms with Gasteiger partial charge in [-0.1, -0.05) is 0 Å². The fourth-order valence-electron chi connectivity index (χ4n) is 2.17. The first-order chi connectivity index (χ1) is 8.57. The van der Waals surface area contributed by atoms with Crippen LogP contribution in [0.15, 0.2) is 22.8 Å². The topological polar surface area (TPSA) is 51.5 Å². The number of ether oxygens (including phenoxy) is 1. The third kappa shape index (κ3) is 1.99. The van der Waals surface area contributed by atoms with Crippen LogP contribution in [-0.4, -0.2) is 32.8 Å². The summed E-state index contributed by atoms with van der Waals surface area (Å²) in [4.78, 5) is 4.46. The van der Waals surface area contributed by atoms with E-state index in [4.69, 9.17) is 4.74 Å². The lowest BCUT2D eigenvalue weighted by Gasteiger charge is -2.27. The summed E-state index contributed by atoms with van der Waals surface area (Å²) in [6.07, 6.45) is 3.02. The average molecular weight is 311 g/mol. The quantitative estimate of drug-likeness (QED) is 0.926. The van der Waals surface area contributed by atoms with Crippen LogP contribution < -0.4 is 5.32 Å². The third-order valence-electron chi connectivity index (χ3n) is 3.58. The molecule has 0 aromatic carbocycles. The molecule has 2 aromatic rings. The summed E-state index contributed by atoms with van der Waals surface area (Å²) < 4.78 is 8.34. The maximum absolute atomic E-state index is 5.60. The minimum atomic E-state index is -0.0951. The first-order valence-corrected chi connectivity index (χ1v) is 6.78. The Bertz CT molecular complexity index is 584. The minimum Gasteiger partial charge on any atom is -0.376 e. The Labute approximate surface area is 114 Å². The van der Waals surface area contributed by atoms with Crippen LogP contribution >= 0.6 is 15.9 Å². The first-order valence-electron chi connectivity index (χ1n) is 5.98. The molecule has 18 heavy (non-hydrogen) atoms. The Hall–Kier alpha value is -1.14. The fraction of sp³-hybridized carbons (Fsp3) is 0.500. The second-order valence-corrected chi connectivity index (χ2v) is 5.81. The lowest BCUT2D eigenvalue weighted by atomic mass is 9.95. The monoisotopic (exact) mass is 310 g/mol. The van der Waals surface area contributed by atoms with E-state index >= 15 is 0 Å². The van der Waals surface area contributed by atoms with Gasteiger partial charge in [-0.15, -0.1) is 5.10 Å². The number of nitrogens with zero attached hydrogens (tertiary/aromatic N) is 3. The van der Waals surface area contributed by atoms with Crippen molar-refractivity contribution < 1.29 is 4.74 Å². The molecule has 0 radical (unpaired) electrons. The SMILES string of the molecule is CC1OCCC1(C)Nc1nc2ccc(Br)cn2n1. The van der Waals surface area contributed by atoms with Gasteiger partial charge in [-0.2, -0.15) is 4.98 Å². The zero-order chi connectivity index (χ0) is 12.8. The number of anilines is 1. The van der Waals surface area contributed by atoms with Gasteiger partial charge in [-0.3, -0.25) is 0 Å². The molecule has 3 heterocycles. The number of hydrogen-bond acceptors (Lipinski definition) is 4. The van der Waals surface area contributed by atoms with Crippen LogP contribution in [0.25, 0.3) is 5.65 Å². The molecule has 1 saturated heterocycles. The van der Waals surface area contributed by atoms with Gasteiger partial charge >= 0.3 is 0 Å². The number of hydrogen-bond donors (Lipinski definition) is 1. The van der Waals surface area contributed by atoms with E-state index in [1.54, 1.807) is 4.52 Å². The lowest BCUT2D eigenvalue weighted by molar-refractivity contribution is 0.105. The first kappa shape index (κ1) is 11.9. The highest BCUT2D eigenvalue weighted by molar-refractivity contribution is 9.10. The number of fused-ring (bicyclic) bond motifs is 1. The Balaban J connectivity index is 1.91. The highest BCUT2D eigenvalue weighted by Gasteiger charge is 2.37. The summed E-state index contributed by atoms with van der Waals surface area (Å²) in [7, 11) is 0. The molecule has 5 nitrogen and oxygen atoms in total. The molecule has 0 spiro atoms. The van der Waals surface area contributed by atoms with Crippen molar-refractivity contribution >= 4 is 27.5 Å². The standard InChI is InChI=1S/C12H15BrN4O/c1-8-12(2,5-6-18-8)15-11-14-10-4-3-9(13)7-17(10)16-11/h3-4,7-8H,5-6H2,1-2H3,(H,15,16). The highest BCUT2D eigenvalue weighted by atomic mass is 79.9. The van der Waals surface area contributed by atoms with Crippen LogP contribution in [0.4, 0.5) is 5.95 Å². The zero-order valence-electron chi connectivity index (χ0n) is 10.4. The second kappa shape index (κ2) is 4.20. The smallest absolute Gasteiger partial charge is 0.243 e. The van der Waals surface area contributed by atoms with Crippen molar-refractivity contribution in [1.29, 1.82) is 0 Å². The average Bonchev–Trinajstić information content (AvgIpc) is 2.83. The molecule has 1 N–H and O–H groups in total. The predicted molar refractivity (Wildman–Crippen MR) is 72.7 cm³/mol. The van der Waals surface area contributed by atoms with Gasteiger partial charge in [0, 0.05) is 17.3 Å². The fourth-order valence-corrected chi connectivity index (χ4v) is 2.49. The van der Waals surface area contributed by atoms with Gasteiger partial charge < -0.3 is 10.1 Å². The van der Waals surface area contributed by atoms with Crippen LogP contribution in [-0.2, 0) is 4.74 Å². The molecule has 2 unspecified atom stereocenters. The molecule has 0 saturated carbocycles. The molecule has 1 aliphatic rings. The van der Waals surface area contributed by atoms with E-state index in [0.29, 0.717) is 5.95 Å². The van der Waals surface area contributed by atoms with E-state index < -0.39 is 0 Å². The summed E-state index contributed by atoms with van der Waals surface area (Å²) in [5, 5.41) is 7.82. The van der Waals surface area contributed by atoms with Crippen molar-refractivity contribution in [2.24, 2.45) is 0 Å². The van der Waals surface area contributed by atoms with E-state index in [0.717, 1.165) is 23.1 Å². The van der Waals surface area contributed by atoms with E-state index in [-0.39, 0.29) is 11.6 Å². The molecule has 3 rings (SSSR count). The largest absolute Gasteiger partial charge is 0.376 e. The molecule has 2 atom stereocenters. The normalized spacial score (nSPS) is 27.8. The number of halogens is 1. The Morgan fingerprint density at radius 3 is 3.11 bits per heavy atom. The molecule has 6 heteroatoms. The van der Waals surface area contributed by atoms with Gasteiger partial charge in [-0.25, -0.2) is 4.52 Å². The summed E-state index contributed by atoms with van der Waals surface area (Å²) in [6.45, 7) is 5.00. The molecular weight excluding hydrogens is 296 g/mol. The summed E-state index contributed by atoms with van der Waals surface area (Å²) in [5.74, 6) is 0.646. The molecule has 0 bridgehead atoms. The maximum Gasteiger partial charge on any atom is 0.243 e. The van der Waals surface area contributed by atoms with E-state index in [1.165, 1.54) is 0 Å². The van der Waals surface area contributed by atoms with Gasteiger partial charge in [-0.05, 0) is 48.3 Å². The zero-order valence-corrected chi connectivity index (χ0v) is 11.9. The van der Waals surface area contributed by atoms with Crippen LogP contribution in [0.5, 0.6) is 0 Å². The lowest BCUT2D eigenvalue weighted by Crippen LogP contribution is -2.41. The van der Waals surface area contributed by atoms with Crippen molar-refractivity contribution in [2.45, 2.75) is 31.9 Å². The molecule has 0 aliphatic carbocycles. The molecule has 96 valence electrons. The molecular formula is C12H15BrN4O. The minimum absolute atomic E-state index is 0.0951. The summed E-state index contributed by atoms with van der Waals surface area (Å²) in [5.41, 5.74) is 0.734. The van der Waals surface area contributed by atoms with Crippen LogP contribution in [0.3, 0.4) is 0 Å². The molecule has 1 fully saturated rings. The second-order valence-electron chi connectivity index (χ2n) is 4.89. The number of aromatic nitrogens is 3. The van der Waals surface area contributed by atoms with Crippen LogP contribution in [0.1, 0.15) is 20.3 Å². The summed E-state index contributed by atoms with van der Waals surface area (Å²) >= 11 is 3.42. The van der Waals surface area contributed by atoms with Crippen molar-refractivity contribution in [2.75, 3.05) is 11.9 Å². The van der Waals surface area contributed by atoms with Crippen molar-refractivity contribution in [3.8, 4) is 0 Å². The van der Waals surface area contributed by atoms with Crippen LogP contribution in [0.2, 0.25) is 0 Å². The van der Waals surface area contributed by atoms with Gasteiger partial charge in [0.1, 0.15) is 0 Å². The third-order valence-corrected chi connectivity index (χ3v) is 4.05. The van der Waals surface area contributed by atoms with E-state index in [2.05, 4.69) is 45.2 Å².